The molecule has 0 aromatic heterocycles. The van der Waals surface area contributed by atoms with Gasteiger partial charge in [0.1, 0.15) is 24.2 Å². The number of ether oxygens (including phenoxy) is 2. The zero-order chi connectivity index (χ0) is 20.2. The van der Waals surface area contributed by atoms with Crippen molar-refractivity contribution in [2.45, 2.75) is 6.10 Å². The molecule has 0 fully saturated rings. The smallest absolute Gasteiger partial charge is 0.255 e. The molecule has 5 nitrogen and oxygen atoms in total. The zero-order valence-corrected chi connectivity index (χ0v) is 16.7. The van der Waals surface area contributed by atoms with Gasteiger partial charge >= 0.3 is 0 Å². The van der Waals surface area contributed by atoms with Gasteiger partial charge in [0.05, 0.1) is 22.9 Å². The highest BCUT2D eigenvalue weighted by atomic mass is 35.5. The molecular formula is C23H21ClN2O3. The Morgan fingerprint density at radius 2 is 1.83 bits per heavy atom. The first-order valence-corrected chi connectivity index (χ1v) is 9.73. The Morgan fingerprint density at radius 3 is 2.62 bits per heavy atom. The lowest BCUT2D eigenvalue weighted by molar-refractivity contribution is 0.102. The summed E-state index contributed by atoms with van der Waals surface area (Å²) in [4.78, 5) is 14.6. The Bertz CT molecular complexity index is 1010. The van der Waals surface area contributed by atoms with Crippen molar-refractivity contribution in [2.24, 2.45) is 0 Å². The fraction of sp³-hybridized carbons (Fsp3) is 0.174. The van der Waals surface area contributed by atoms with Gasteiger partial charge in [0.25, 0.3) is 5.91 Å². The van der Waals surface area contributed by atoms with Crippen LogP contribution in [0.1, 0.15) is 10.4 Å². The van der Waals surface area contributed by atoms with Crippen LogP contribution in [0.5, 0.6) is 11.5 Å². The fourth-order valence-electron chi connectivity index (χ4n) is 3.23. The Morgan fingerprint density at radius 1 is 1.10 bits per heavy atom. The number of anilines is 2. The maximum absolute atomic E-state index is 12.4. The maximum Gasteiger partial charge on any atom is 0.255 e. The number of amides is 1. The van der Waals surface area contributed by atoms with Gasteiger partial charge < -0.3 is 19.7 Å². The van der Waals surface area contributed by atoms with Crippen molar-refractivity contribution >= 4 is 28.9 Å². The first-order valence-electron chi connectivity index (χ1n) is 9.36. The molecule has 3 aromatic rings. The minimum absolute atomic E-state index is 0.0712. The van der Waals surface area contributed by atoms with Crippen molar-refractivity contribution in [3.63, 3.8) is 0 Å². The van der Waals surface area contributed by atoms with E-state index >= 15 is 0 Å². The molecule has 3 aromatic carbocycles. The van der Waals surface area contributed by atoms with Gasteiger partial charge in [-0.15, -0.1) is 0 Å². The topological polar surface area (TPSA) is 50.8 Å². The van der Waals surface area contributed by atoms with Crippen LogP contribution in [0, 0.1) is 0 Å². The van der Waals surface area contributed by atoms with E-state index in [4.69, 9.17) is 21.1 Å². The summed E-state index contributed by atoms with van der Waals surface area (Å²) in [6.45, 7) is 1.17. The number of nitrogens with one attached hydrogen (secondary N) is 1. The third-order valence-corrected chi connectivity index (χ3v) is 5.05. The molecule has 1 atom stereocenters. The standard InChI is InChI=1S/C23H21ClN2O3/c1-26-14-18(29-22-9-5-4-8-21(22)26)15-28-17-12-10-16(11-13-17)23(27)25-20-7-3-2-6-19(20)24/h2-13,18H,14-15H2,1H3,(H,25,27)/t18-/m0/s1. The molecule has 148 valence electrons. The second-order valence-corrected chi connectivity index (χ2v) is 7.26. The number of fused-ring (bicyclic) bond motifs is 1. The lowest BCUT2D eigenvalue weighted by Crippen LogP contribution is -2.41. The van der Waals surface area contributed by atoms with E-state index in [9.17, 15) is 4.79 Å². The third-order valence-electron chi connectivity index (χ3n) is 4.72. The van der Waals surface area contributed by atoms with E-state index in [0.717, 1.165) is 18.0 Å². The highest BCUT2D eigenvalue weighted by molar-refractivity contribution is 6.33. The molecule has 1 aliphatic heterocycles. The third kappa shape index (κ3) is 4.46. The number of likely N-dealkylation sites (N-methyl/N-ethyl adjacent to an activating group) is 1. The van der Waals surface area contributed by atoms with Crippen LogP contribution < -0.4 is 19.7 Å². The monoisotopic (exact) mass is 408 g/mol. The first-order chi connectivity index (χ1) is 14.1. The molecule has 1 amide bonds. The minimum atomic E-state index is -0.224. The van der Waals surface area contributed by atoms with Crippen molar-refractivity contribution < 1.29 is 14.3 Å². The van der Waals surface area contributed by atoms with Crippen molar-refractivity contribution in [3.8, 4) is 11.5 Å². The van der Waals surface area contributed by atoms with E-state index in [2.05, 4.69) is 10.2 Å². The van der Waals surface area contributed by atoms with Crippen LogP contribution >= 0.6 is 11.6 Å². The SMILES string of the molecule is CN1C[C@@H](COc2ccc(C(=O)Nc3ccccc3Cl)cc2)Oc2ccccc21. The summed E-state index contributed by atoms with van der Waals surface area (Å²) in [5.41, 5.74) is 2.19. The lowest BCUT2D eigenvalue weighted by Gasteiger charge is -2.33. The highest BCUT2D eigenvalue weighted by Crippen LogP contribution is 2.32. The summed E-state index contributed by atoms with van der Waals surface area (Å²) in [6.07, 6.45) is -0.0712. The van der Waals surface area contributed by atoms with Gasteiger partial charge in [-0.25, -0.2) is 0 Å². The molecule has 6 heteroatoms. The Balaban J connectivity index is 1.34. The van der Waals surface area contributed by atoms with E-state index in [0.29, 0.717) is 28.6 Å². The minimum Gasteiger partial charge on any atom is -0.490 e. The van der Waals surface area contributed by atoms with Gasteiger partial charge in [-0.1, -0.05) is 35.9 Å². The van der Waals surface area contributed by atoms with Gasteiger partial charge in [0, 0.05) is 12.6 Å². The number of halogens is 1. The number of carbonyl (C=O) groups is 1. The molecule has 1 N–H and O–H groups in total. The van der Waals surface area contributed by atoms with Gasteiger partial charge in [0.15, 0.2) is 0 Å². The molecule has 0 unspecified atom stereocenters. The summed E-state index contributed by atoms with van der Waals surface area (Å²) < 4.78 is 11.9. The van der Waals surface area contributed by atoms with E-state index in [1.807, 2.05) is 43.4 Å². The van der Waals surface area contributed by atoms with E-state index in [-0.39, 0.29) is 12.0 Å². The molecule has 0 radical (unpaired) electrons. The molecule has 4 rings (SSSR count). The van der Waals surface area contributed by atoms with E-state index < -0.39 is 0 Å². The number of para-hydroxylation sites is 3. The van der Waals surface area contributed by atoms with Crippen LogP contribution in [0.3, 0.4) is 0 Å². The maximum atomic E-state index is 12.4. The van der Waals surface area contributed by atoms with Crippen molar-refractivity contribution in [2.75, 3.05) is 30.4 Å². The van der Waals surface area contributed by atoms with Crippen LogP contribution in [0.15, 0.2) is 72.8 Å². The summed E-state index contributed by atoms with van der Waals surface area (Å²) >= 11 is 6.09. The molecule has 0 saturated carbocycles. The van der Waals surface area contributed by atoms with Gasteiger partial charge in [-0.3, -0.25) is 4.79 Å². The van der Waals surface area contributed by atoms with Gasteiger partial charge in [-0.05, 0) is 48.5 Å². The summed E-state index contributed by atoms with van der Waals surface area (Å²) in [5, 5.41) is 3.31. The quantitative estimate of drug-likeness (QED) is 0.654. The number of rotatable bonds is 5. The Labute approximate surface area is 174 Å². The van der Waals surface area contributed by atoms with E-state index in [1.165, 1.54) is 0 Å². The Hall–Kier alpha value is -3.18. The normalized spacial score (nSPS) is 15.2. The second kappa shape index (κ2) is 8.45. The number of carbonyl (C=O) groups excluding carboxylic acids is 1. The molecule has 0 aliphatic carbocycles. The number of benzene rings is 3. The number of hydrogen-bond donors (Lipinski definition) is 1. The average Bonchev–Trinajstić information content (AvgIpc) is 2.74. The summed E-state index contributed by atoms with van der Waals surface area (Å²) in [6, 6.07) is 22.1. The zero-order valence-electron chi connectivity index (χ0n) is 16.0. The average molecular weight is 409 g/mol. The molecule has 0 saturated heterocycles. The number of hydrogen-bond acceptors (Lipinski definition) is 4. The second-order valence-electron chi connectivity index (χ2n) is 6.86. The number of nitrogens with zero attached hydrogens (tertiary/aromatic N) is 1. The van der Waals surface area contributed by atoms with Crippen LogP contribution in [0.4, 0.5) is 11.4 Å². The summed E-state index contributed by atoms with van der Waals surface area (Å²) in [7, 11) is 2.04. The molecule has 1 aliphatic rings. The van der Waals surface area contributed by atoms with Crippen LogP contribution in [0.25, 0.3) is 0 Å². The van der Waals surface area contributed by atoms with Crippen molar-refractivity contribution in [1.82, 2.24) is 0 Å². The van der Waals surface area contributed by atoms with Crippen molar-refractivity contribution in [1.29, 1.82) is 0 Å². The van der Waals surface area contributed by atoms with E-state index in [1.54, 1.807) is 36.4 Å². The van der Waals surface area contributed by atoms with Gasteiger partial charge in [0.2, 0.25) is 0 Å². The lowest BCUT2D eigenvalue weighted by atomic mass is 10.2. The molecule has 0 bridgehead atoms. The predicted molar refractivity (Wildman–Crippen MR) is 115 cm³/mol. The first kappa shape index (κ1) is 19.2. The van der Waals surface area contributed by atoms with Crippen LogP contribution in [0.2, 0.25) is 5.02 Å². The van der Waals surface area contributed by atoms with Crippen LogP contribution in [-0.4, -0.2) is 32.2 Å². The molecule has 0 spiro atoms. The van der Waals surface area contributed by atoms with Gasteiger partial charge in [-0.2, -0.15) is 0 Å². The largest absolute Gasteiger partial charge is 0.490 e. The molecule has 1 heterocycles. The summed E-state index contributed by atoms with van der Waals surface area (Å²) in [5.74, 6) is 1.32. The molecular weight excluding hydrogens is 388 g/mol. The van der Waals surface area contributed by atoms with Crippen LogP contribution in [-0.2, 0) is 0 Å². The Kier molecular flexibility index (Phi) is 5.58. The molecule has 29 heavy (non-hydrogen) atoms. The fourth-order valence-corrected chi connectivity index (χ4v) is 3.41. The highest BCUT2D eigenvalue weighted by Gasteiger charge is 2.23. The van der Waals surface area contributed by atoms with Crippen molar-refractivity contribution in [3.05, 3.63) is 83.4 Å². The predicted octanol–water partition coefficient (Wildman–Crippen LogP) is 4.87.